The summed E-state index contributed by atoms with van der Waals surface area (Å²) < 4.78 is 0. The standard InChI is InChI=1S/C12H10N4O/c1-16(7-13)11(17)6-10-8-4-2-3-5-9(8)12(14)15-10/h2-6H,1H3,(H2,14,15). The third kappa shape index (κ3) is 1.88. The van der Waals surface area contributed by atoms with Gasteiger partial charge in [0.25, 0.3) is 5.91 Å². The third-order valence-electron chi connectivity index (χ3n) is 2.49. The molecule has 1 aliphatic rings. The molecule has 5 nitrogen and oxygen atoms in total. The largest absolute Gasteiger partial charge is 0.340 e. The molecule has 84 valence electrons. The summed E-state index contributed by atoms with van der Waals surface area (Å²) in [5.41, 5.74) is 2.11. The Morgan fingerprint density at radius 3 is 2.76 bits per heavy atom. The fourth-order valence-corrected chi connectivity index (χ4v) is 1.59. The Labute approximate surface area is 98.5 Å². The lowest BCUT2D eigenvalue weighted by Crippen LogP contribution is -2.20. The van der Waals surface area contributed by atoms with Gasteiger partial charge in [-0.25, -0.2) is 4.90 Å². The minimum Gasteiger partial charge on any atom is -0.340 e. The van der Waals surface area contributed by atoms with E-state index in [9.17, 15) is 4.79 Å². The Morgan fingerprint density at radius 1 is 1.47 bits per heavy atom. The first-order chi connectivity index (χ1) is 8.13. The van der Waals surface area contributed by atoms with Crippen LogP contribution in [-0.2, 0) is 4.79 Å². The summed E-state index contributed by atoms with van der Waals surface area (Å²) in [7, 11) is 1.39. The van der Waals surface area contributed by atoms with E-state index in [0.29, 0.717) is 5.70 Å². The molecule has 0 radical (unpaired) electrons. The Hall–Kier alpha value is -2.61. The van der Waals surface area contributed by atoms with Gasteiger partial charge in [0.2, 0.25) is 0 Å². The molecule has 1 aromatic carbocycles. The molecule has 1 amide bonds. The number of carbonyl (C=O) groups excluding carboxylic acids is 1. The predicted octanol–water partition coefficient (Wildman–Crippen LogP) is 0.896. The number of hydrogen-bond acceptors (Lipinski definition) is 3. The number of nitrogens with one attached hydrogen (secondary N) is 2. The Kier molecular flexibility index (Phi) is 2.63. The van der Waals surface area contributed by atoms with Crippen LogP contribution < -0.4 is 5.32 Å². The van der Waals surface area contributed by atoms with Gasteiger partial charge in [-0.2, -0.15) is 5.26 Å². The first kappa shape index (κ1) is 10.9. The maximum absolute atomic E-state index is 11.6. The molecule has 1 aliphatic heterocycles. The number of nitriles is 1. The second kappa shape index (κ2) is 4.10. The van der Waals surface area contributed by atoms with Crippen molar-refractivity contribution < 1.29 is 4.79 Å². The molecule has 0 fully saturated rings. The van der Waals surface area contributed by atoms with Crippen LogP contribution in [0.1, 0.15) is 11.1 Å². The smallest absolute Gasteiger partial charge is 0.261 e. The molecule has 0 aromatic heterocycles. The lowest BCUT2D eigenvalue weighted by atomic mass is 10.1. The quantitative estimate of drug-likeness (QED) is 0.424. The molecule has 0 saturated heterocycles. The highest BCUT2D eigenvalue weighted by Crippen LogP contribution is 2.23. The maximum atomic E-state index is 11.6. The zero-order valence-electron chi connectivity index (χ0n) is 9.19. The fraction of sp³-hybridized carbons (Fsp3) is 0.0833. The van der Waals surface area contributed by atoms with Crippen LogP contribution in [0, 0.1) is 16.9 Å². The second-order valence-corrected chi connectivity index (χ2v) is 3.60. The van der Waals surface area contributed by atoms with Gasteiger partial charge in [-0.05, 0) is 0 Å². The number of rotatable bonds is 1. The van der Waals surface area contributed by atoms with Gasteiger partial charge in [-0.15, -0.1) is 0 Å². The highest BCUT2D eigenvalue weighted by molar-refractivity contribution is 6.13. The molecule has 2 rings (SSSR count). The van der Waals surface area contributed by atoms with Crippen LogP contribution in [0.25, 0.3) is 5.70 Å². The zero-order valence-corrected chi connectivity index (χ0v) is 9.19. The van der Waals surface area contributed by atoms with Crippen LogP contribution in [0.5, 0.6) is 0 Å². The van der Waals surface area contributed by atoms with E-state index < -0.39 is 5.91 Å². The summed E-state index contributed by atoms with van der Waals surface area (Å²) in [6.45, 7) is 0. The third-order valence-corrected chi connectivity index (χ3v) is 2.49. The van der Waals surface area contributed by atoms with E-state index in [4.69, 9.17) is 10.7 Å². The van der Waals surface area contributed by atoms with Crippen molar-refractivity contribution in [3.05, 3.63) is 41.5 Å². The van der Waals surface area contributed by atoms with E-state index >= 15 is 0 Å². The molecule has 1 heterocycles. The van der Waals surface area contributed by atoms with Gasteiger partial charge in [0, 0.05) is 24.3 Å². The van der Waals surface area contributed by atoms with Crippen LogP contribution in [0.4, 0.5) is 0 Å². The summed E-state index contributed by atoms with van der Waals surface area (Å²) in [6, 6.07) is 7.31. The number of amidine groups is 1. The maximum Gasteiger partial charge on any atom is 0.261 e. The van der Waals surface area contributed by atoms with Gasteiger partial charge in [0.15, 0.2) is 6.19 Å². The number of hydrogen-bond donors (Lipinski definition) is 2. The van der Waals surface area contributed by atoms with E-state index in [1.807, 2.05) is 24.3 Å². The first-order valence-electron chi connectivity index (χ1n) is 4.98. The molecule has 0 unspecified atom stereocenters. The molecule has 0 atom stereocenters. The van der Waals surface area contributed by atoms with Crippen LogP contribution in [0.15, 0.2) is 30.3 Å². The molecule has 2 N–H and O–H groups in total. The van der Waals surface area contributed by atoms with E-state index in [0.717, 1.165) is 16.0 Å². The van der Waals surface area contributed by atoms with Gasteiger partial charge in [-0.3, -0.25) is 10.2 Å². The van der Waals surface area contributed by atoms with Crippen molar-refractivity contribution in [2.24, 2.45) is 0 Å². The van der Waals surface area contributed by atoms with Gasteiger partial charge >= 0.3 is 0 Å². The van der Waals surface area contributed by atoms with Crippen LogP contribution >= 0.6 is 0 Å². The number of nitrogens with zero attached hydrogens (tertiary/aromatic N) is 2. The van der Waals surface area contributed by atoms with Crippen LogP contribution in [-0.4, -0.2) is 23.7 Å². The number of carbonyl (C=O) groups is 1. The molecular weight excluding hydrogens is 216 g/mol. The molecule has 0 saturated carbocycles. The summed E-state index contributed by atoms with van der Waals surface area (Å²) in [5, 5.41) is 19.1. The van der Waals surface area contributed by atoms with Gasteiger partial charge in [0.1, 0.15) is 5.84 Å². The number of amides is 1. The summed E-state index contributed by atoms with van der Waals surface area (Å²) >= 11 is 0. The van der Waals surface area contributed by atoms with Gasteiger partial charge < -0.3 is 5.32 Å². The molecule has 5 heteroatoms. The predicted molar refractivity (Wildman–Crippen MR) is 62.8 cm³/mol. The average Bonchev–Trinajstić information content (AvgIpc) is 2.66. The van der Waals surface area contributed by atoms with Crippen molar-refractivity contribution in [2.45, 2.75) is 0 Å². The summed E-state index contributed by atoms with van der Waals surface area (Å²) in [5.74, 6) is -0.154. The molecule has 17 heavy (non-hydrogen) atoms. The van der Waals surface area contributed by atoms with Crippen molar-refractivity contribution in [1.82, 2.24) is 10.2 Å². The lowest BCUT2D eigenvalue weighted by Gasteiger charge is -2.04. The number of likely N-dealkylation sites (N-methyl/N-ethyl adjacent to an activating group) is 1. The van der Waals surface area contributed by atoms with E-state index in [1.54, 1.807) is 6.19 Å². The minimum atomic E-state index is -0.417. The average molecular weight is 226 g/mol. The Morgan fingerprint density at radius 2 is 2.12 bits per heavy atom. The molecule has 0 bridgehead atoms. The number of benzene rings is 1. The first-order valence-corrected chi connectivity index (χ1v) is 4.98. The normalized spacial score (nSPS) is 15.1. The van der Waals surface area contributed by atoms with Crippen molar-refractivity contribution in [2.75, 3.05) is 7.05 Å². The minimum absolute atomic E-state index is 0.263. The second-order valence-electron chi connectivity index (χ2n) is 3.60. The van der Waals surface area contributed by atoms with E-state index in [-0.39, 0.29) is 5.84 Å². The molecule has 1 aromatic rings. The van der Waals surface area contributed by atoms with Crippen molar-refractivity contribution in [3.8, 4) is 6.19 Å². The monoisotopic (exact) mass is 226 g/mol. The zero-order chi connectivity index (χ0) is 12.4. The van der Waals surface area contributed by atoms with Crippen LogP contribution in [0.2, 0.25) is 0 Å². The summed E-state index contributed by atoms with van der Waals surface area (Å²) in [6.07, 6.45) is 3.05. The molecule has 0 aliphatic carbocycles. The Balaban J connectivity index is 2.39. The topological polar surface area (TPSA) is 80.0 Å². The fourth-order valence-electron chi connectivity index (χ4n) is 1.59. The van der Waals surface area contributed by atoms with Crippen molar-refractivity contribution in [3.63, 3.8) is 0 Å². The lowest BCUT2D eigenvalue weighted by molar-refractivity contribution is -0.122. The van der Waals surface area contributed by atoms with E-state index in [2.05, 4.69) is 5.32 Å². The molecule has 0 spiro atoms. The Bertz CT molecular complexity index is 568. The van der Waals surface area contributed by atoms with Crippen molar-refractivity contribution in [1.29, 1.82) is 10.7 Å². The van der Waals surface area contributed by atoms with Crippen molar-refractivity contribution >= 4 is 17.4 Å². The SMILES string of the molecule is CN(C#N)C(=O)C=C1NC(=N)c2ccccc21. The summed E-state index contributed by atoms with van der Waals surface area (Å²) in [4.78, 5) is 12.5. The van der Waals surface area contributed by atoms with E-state index in [1.165, 1.54) is 13.1 Å². The highest BCUT2D eigenvalue weighted by Gasteiger charge is 2.21. The van der Waals surface area contributed by atoms with Crippen LogP contribution in [0.3, 0.4) is 0 Å². The van der Waals surface area contributed by atoms with Gasteiger partial charge in [0.05, 0.1) is 5.70 Å². The number of fused-ring (bicyclic) bond motifs is 1. The van der Waals surface area contributed by atoms with Gasteiger partial charge in [-0.1, -0.05) is 24.3 Å². The highest BCUT2D eigenvalue weighted by atomic mass is 16.2. The molecular formula is C12H10N4O.